The maximum Gasteiger partial charge on any atom is 0.157 e. The molecule has 0 spiro atoms. The number of nitriles is 1. The summed E-state index contributed by atoms with van der Waals surface area (Å²) in [7, 11) is -1.77. The predicted molar refractivity (Wildman–Crippen MR) is 104 cm³/mol. The number of rotatable bonds is 4. The highest BCUT2D eigenvalue weighted by molar-refractivity contribution is 6.91. The molecular formula is C21H22N2OSi. The molecule has 0 saturated heterocycles. The molecule has 4 heteroatoms. The van der Waals surface area contributed by atoms with Crippen LogP contribution < -0.4 is 10.5 Å². The third-order valence-electron chi connectivity index (χ3n) is 5.13. The zero-order valence-corrected chi connectivity index (χ0v) is 15.6. The molecule has 0 fully saturated rings. The summed E-state index contributed by atoms with van der Waals surface area (Å²) in [5.41, 5.74) is 2.63. The first-order valence-electron chi connectivity index (χ1n) is 8.56. The normalized spacial score (nSPS) is 17.6. The lowest BCUT2D eigenvalue weighted by atomic mass is 10.0. The first kappa shape index (κ1) is 17.2. The number of ketones is 1. The van der Waals surface area contributed by atoms with Gasteiger partial charge in [-0.2, -0.15) is 5.26 Å². The molecule has 1 N–H and O–H groups in total. The highest BCUT2D eigenvalue weighted by Crippen LogP contribution is 2.36. The SMILES string of the molecule is C[Si](C)(c1ccccc1)C1CC(=O)C=C(Nc2ccccc2C#N)C1. The van der Waals surface area contributed by atoms with Crippen LogP contribution in [-0.4, -0.2) is 13.9 Å². The summed E-state index contributed by atoms with van der Waals surface area (Å²) in [6.07, 6.45) is 3.17. The Hall–Kier alpha value is -2.64. The number of nitrogens with one attached hydrogen (secondary N) is 1. The fourth-order valence-electron chi connectivity index (χ4n) is 3.46. The summed E-state index contributed by atoms with van der Waals surface area (Å²) in [4.78, 5) is 12.3. The zero-order valence-electron chi connectivity index (χ0n) is 14.6. The molecule has 25 heavy (non-hydrogen) atoms. The Balaban J connectivity index is 1.84. The number of nitrogens with zero attached hydrogens (tertiary/aromatic N) is 1. The van der Waals surface area contributed by atoms with Crippen LogP contribution in [0.25, 0.3) is 0 Å². The molecule has 0 saturated carbocycles. The third-order valence-corrected chi connectivity index (χ3v) is 9.40. The van der Waals surface area contributed by atoms with E-state index in [1.165, 1.54) is 5.19 Å². The Morgan fingerprint density at radius 2 is 1.72 bits per heavy atom. The molecule has 2 aromatic carbocycles. The molecule has 1 unspecified atom stereocenters. The smallest absolute Gasteiger partial charge is 0.157 e. The van der Waals surface area contributed by atoms with Gasteiger partial charge in [0.15, 0.2) is 5.78 Å². The van der Waals surface area contributed by atoms with Crippen molar-refractivity contribution in [1.29, 1.82) is 5.26 Å². The van der Waals surface area contributed by atoms with Gasteiger partial charge in [0.1, 0.15) is 6.07 Å². The fourth-order valence-corrected chi connectivity index (χ4v) is 6.42. The van der Waals surface area contributed by atoms with Crippen molar-refractivity contribution in [2.45, 2.75) is 31.5 Å². The zero-order chi connectivity index (χ0) is 17.9. The minimum atomic E-state index is -1.77. The Kier molecular flexibility index (Phi) is 4.87. The fraction of sp³-hybridized carbons (Fsp3) is 0.238. The van der Waals surface area contributed by atoms with E-state index in [-0.39, 0.29) is 5.78 Å². The lowest BCUT2D eigenvalue weighted by molar-refractivity contribution is -0.115. The largest absolute Gasteiger partial charge is 0.358 e. The Labute approximate surface area is 150 Å². The molecule has 3 rings (SSSR count). The molecule has 126 valence electrons. The van der Waals surface area contributed by atoms with Gasteiger partial charge >= 0.3 is 0 Å². The van der Waals surface area contributed by atoms with Gasteiger partial charge in [-0.15, -0.1) is 0 Å². The number of hydrogen-bond acceptors (Lipinski definition) is 3. The van der Waals surface area contributed by atoms with Crippen LogP contribution in [0.4, 0.5) is 5.69 Å². The molecular weight excluding hydrogens is 324 g/mol. The molecule has 0 aromatic heterocycles. The van der Waals surface area contributed by atoms with E-state index in [9.17, 15) is 10.1 Å². The van der Waals surface area contributed by atoms with E-state index in [0.717, 1.165) is 17.8 Å². The van der Waals surface area contributed by atoms with Gasteiger partial charge in [-0.1, -0.05) is 60.7 Å². The standard InChI is InChI=1S/C21H22N2OSi/c1-25(2,19-9-4-3-5-10-19)20-13-17(12-18(24)14-20)23-21-11-7-6-8-16(21)15-22/h3-12,20,23H,13-14H2,1-2H3. The number of allylic oxidation sites excluding steroid dienone is 2. The van der Waals surface area contributed by atoms with E-state index in [1.54, 1.807) is 12.1 Å². The number of anilines is 1. The summed E-state index contributed by atoms with van der Waals surface area (Å²) in [5, 5.41) is 14.0. The first-order chi connectivity index (χ1) is 12.0. The van der Waals surface area contributed by atoms with E-state index < -0.39 is 8.07 Å². The van der Waals surface area contributed by atoms with Crippen molar-refractivity contribution in [3.8, 4) is 6.07 Å². The van der Waals surface area contributed by atoms with Crippen LogP contribution in [0.15, 0.2) is 66.4 Å². The molecule has 0 amide bonds. The minimum absolute atomic E-state index is 0.171. The van der Waals surface area contributed by atoms with Crippen LogP contribution in [0.5, 0.6) is 0 Å². The highest BCUT2D eigenvalue weighted by atomic mass is 28.3. The highest BCUT2D eigenvalue weighted by Gasteiger charge is 2.37. The second-order valence-corrected chi connectivity index (χ2v) is 11.9. The number of benzene rings is 2. The van der Waals surface area contributed by atoms with Gasteiger partial charge < -0.3 is 5.32 Å². The van der Waals surface area contributed by atoms with Crippen molar-refractivity contribution in [3.63, 3.8) is 0 Å². The van der Waals surface area contributed by atoms with Gasteiger partial charge in [-0.25, -0.2) is 0 Å². The van der Waals surface area contributed by atoms with Crippen LogP contribution in [0, 0.1) is 11.3 Å². The van der Waals surface area contributed by atoms with E-state index >= 15 is 0 Å². The second-order valence-electron chi connectivity index (χ2n) is 7.11. The first-order valence-corrected chi connectivity index (χ1v) is 11.6. The maximum absolute atomic E-state index is 12.3. The monoisotopic (exact) mass is 346 g/mol. The van der Waals surface area contributed by atoms with Gasteiger partial charge in [0.05, 0.1) is 19.3 Å². The van der Waals surface area contributed by atoms with Crippen LogP contribution in [-0.2, 0) is 4.79 Å². The lowest BCUT2D eigenvalue weighted by Gasteiger charge is -2.35. The van der Waals surface area contributed by atoms with Gasteiger partial charge in [0, 0.05) is 18.2 Å². The maximum atomic E-state index is 12.3. The molecule has 0 radical (unpaired) electrons. The Bertz CT molecular complexity index is 850. The van der Waals surface area contributed by atoms with Crippen molar-refractivity contribution in [2.75, 3.05) is 5.32 Å². The summed E-state index contributed by atoms with van der Waals surface area (Å²) in [6, 6.07) is 20.2. The van der Waals surface area contributed by atoms with E-state index in [0.29, 0.717) is 17.5 Å². The Morgan fingerprint density at radius 3 is 2.44 bits per heavy atom. The van der Waals surface area contributed by atoms with Gasteiger partial charge in [-0.3, -0.25) is 4.79 Å². The predicted octanol–water partition coefficient (Wildman–Crippen LogP) is 4.20. The molecule has 0 heterocycles. The number of para-hydroxylation sites is 1. The molecule has 1 aliphatic carbocycles. The average molecular weight is 347 g/mol. The van der Waals surface area contributed by atoms with Crippen molar-refractivity contribution in [3.05, 3.63) is 71.9 Å². The lowest BCUT2D eigenvalue weighted by Crippen LogP contribution is -2.47. The van der Waals surface area contributed by atoms with Crippen LogP contribution in [0.1, 0.15) is 18.4 Å². The van der Waals surface area contributed by atoms with Gasteiger partial charge in [0.25, 0.3) is 0 Å². The van der Waals surface area contributed by atoms with Gasteiger partial charge in [-0.05, 0) is 24.1 Å². The van der Waals surface area contributed by atoms with Crippen molar-refractivity contribution >= 4 is 24.7 Å². The summed E-state index contributed by atoms with van der Waals surface area (Å²) in [5.74, 6) is 0.171. The number of hydrogen-bond donors (Lipinski definition) is 1. The Morgan fingerprint density at radius 1 is 1.04 bits per heavy atom. The summed E-state index contributed by atoms with van der Waals surface area (Å²) >= 11 is 0. The van der Waals surface area contributed by atoms with Crippen molar-refractivity contribution < 1.29 is 4.79 Å². The van der Waals surface area contributed by atoms with Gasteiger partial charge in [0.2, 0.25) is 0 Å². The van der Waals surface area contributed by atoms with Crippen molar-refractivity contribution in [1.82, 2.24) is 0 Å². The number of carbonyl (C=O) groups is 1. The average Bonchev–Trinajstić information content (AvgIpc) is 2.62. The topological polar surface area (TPSA) is 52.9 Å². The molecule has 3 nitrogen and oxygen atoms in total. The third kappa shape index (κ3) is 3.72. The molecule has 0 aliphatic heterocycles. The van der Waals surface area contributed by atoms with Crippen LogP contribution in [0.2, 0.25) is 18.6 Å². The molecule has 0 bridgehead atoms. The molecule has 1 aliphatic rings. The number of carbonyl (C=O) groups excluding carboxylic acids is 1. The second kappa shape index (κ2) is 7.08. The van der Waals surface area contributed by atoms with Crippen LogP contribution in [0.3, 0.4) is 0 Å². The van der Waals surface area contributed by atoms with Crippen molar-refractivity contribution in [2.24, 2.45) is 0 Å². The summed E-state index contributed by atoms with van der Waals surface area (Å²) < 4.78 is 0. The quantitative estimate of drug-likeness (QED) is 0.844. The van der Waals surface area contributed by atoms with Crippen LogP contribution >= 0.6 is 0 Å². The molecule has 1 atom stereocenters. The van der Waals surface area contributed by atoms with E-state index in [2.05, 4.69) is 48.7 Å². The van der Waals surface area contributed by atoms with E-state index in [1.807, 2.05) is 24.3 Å². The van der Waals surface area contributed by atoms with E-state index in [4.69, 9.17) is 0 Å². The molecule has 2 aromatic rings. The summed E-state index contributed by atoms with van der Waals surface area (Å²) in [6.45, 7) is 4.68. The minimum Gasteiger partial charge on any atom is -0.358 e.